The maximum Gasteiger partial charge on any atom is 0.319 e. The van der Waals surface area contributed by atoms with Gasteiger partial charge in [-0.3, -0.25) is 9.59 Å². The van der Waals surface area contributed by atoms with E-state index in [1.807, 2.05) is 36.4 Å². The van der Waals surface area contributed by atoms with Crippen LogP contribution in [-0.4, -0.2) is 48.6 Å². The number of hydrogen-bond donors (Lipinski definition) is 6. The van der Waals surface area contributed by atoms with Gasteiger partial charge in [-0.05, 0) is 79.6 Å². The minimum Gasteiger partial charge on any atom is -0.396 e. The van der Waals surface area contributed by atoms with Crippen LogP contribution in [0.25, 0.3) is 0 Å². The van der Waals surface area contributed by atoms with Crippen LogP contribution in [0.1, 0.15) is 90.1 Å². The minimum absolute atomic E-state index is 0.0133. The monoisotopic (exact) mass is 629 g/mol. The van der Waals surface area contributed by atoms with Gasteiger partial charge in [0.25, 0.3) is 5.91 Å². The Morgan fingerprint density at radius 2 is 1.11 bits per heavy atom. The van der Waals surface area contributed by atoms with E-state index in [4.69, 9.17) is 5.11 Å². The number of carbonyl (C=O) groups is 4. The zero-order valence-electron chi connectivity index (χ0n) is 26.7. The average molecular weight is 630 g/mol. The molecule has 3 rings (SSSR count). The molecule has 46 heavy (non-hydrogen) atoms. The molecule has 5 amide bonds. The van der Waals surface area contributed by atoms with E-state index in [1.54, 1.807) is 36.4 Å². The second-order valence-electron chi connectivity index (χ2n) is 11.2. The van der Waals surface area contributed by atoms with Crippen LogP contribution in [0.3, 0.4) is 0 Å². The molecule has 0 aliphatic rings. The predicted molar refractivity (Wildman–Crippen MR) is 182 cm³/mol. The molecule has 3 aromatic carbocycles. The number of aliphatic hydroxyl groups is 1. The van der Waals surface area contributed by atoms with Crippen molar-refractivity contribution in [1.29, 1.82) is 0 Å². The molecule has 0 unspecified atom stereocenters. The van der Waals surface area contributed by atoms with Crippen molar-refractivity contribution < 1.29 is 24.3 Å². The van der Waals surface area contributed by atoms with Gasteiger partial charge in [0.05, 0.1) is 0 Å². The van der Waals surface area contributed by atoms with Crippen molar-refractivity contribution in [3.8, 4) is 0 Å². The SMILES string of the molecule is CCCCCCNC(=O)Nc1ccc(CCC(=O)c2ccc(C(=O)NCc3ccc(NC(=O)NCCCCCO)cc3)cc2)cc1. The molecule has 10 nitrogen and oxygen atoms in total. The van der Waals surface area contributed by atoms with E-state index >= 15 is 0 Å². The highest BCUT2D eigenvalue weighted by atomic mass is 16.3. The second-order valence-corrected chi connectivity index (χ2v) is 11.2. The Morgan fingerprint density at radius 3 is 1.65 bits per heavy atom. The van der Waals surface area contributed by atoms with Gasteiger partial charge >= 0.3 is 12.1 Å². The lowest BCUT2D eigenvalue weighted by molar-refractivity contribution is 0.0947. The molecule has 0 bridgehead atoms. The number of aliphatic hydroxyl groups excluding tert-OH is 1. The number of Topliss-reactive ketones (excluding diaryl/α,β-unsaturated/α-hetero) is 1. The van der Waals surface area contributed by atoms with E-state index in [9.17, 15) is 19.2 Å². The van der Waals surface area contributed by atoms with Crippen molar-refractivity contribution in [1.82, 2.24) is 16.0 Å². The van der Waals surface area contributed by atoms with Gasteiger partial charge in [-0.25, -0.2) is 9.59 Å². The van der Waals surface area contributed by atoms with Crippen LogP contribution in [0, 0.1) is 0 Å². The summed E-state index contributed by atoms with van der Waals surface area (Å²) >= 11 is 0. The lowest BCUT2D eigenvalue weighted by Gasteiger charge is -2.09. The Kier molecular flexibility index (Phi) is 15.8. The Morgan fingerprint density at radius 1 is 0.587 bits per heavy atom. The Hall–Kier alpha value is -4.70. The van der Waals surface area contributed by atoms with Crippen molar-refractivity contribution in [2.75, 3.05) is 30.3 Å². The van der Waals surface area contributed by atoms with Gasteiger partial charge in [-0.1, -0.05) is 62.6 Å². The van der Waals surface area contributed by atoms with Gasteiger partial charge in [0, 0.05) is 55.2 Å². The van der Waals surface area contributed by atoms with Gasteiger partial charge in [-0.15, -0.1) is 0 Å². The van der Waals surface area contributed by atoms with Crippen molar-refractivity contribution in [2.45, 2.75) is 71.3 Å². The van der Waals surface area contributed by atoms with Gasteiger partial charge in [-0.2, -0.15) is 0 Å². The Balaban J connectivity index is 1.36. The fourth-order valence-corrected chi connectivity index (χ4v) is 4.67. The zero-order valence-corrected chi connectivity index (χ0v) is 26.7. The molecule has 0 aromatic heterocycles. The summed E-state index contributed by atoms with van der Waals surface area (Å²) in [5.41, 5.74) is 4.21. The molecule has 0 atom stereocenters. The van der Waals surface area contributed by atoms with Crippen LogP contribution in [0.15, 0.2) is 72.8 Å². The molecule has 6 N–H and O–H groups in total. The minimum atomic E-state index is -0.288. The summed E-state index contributed by atoms with van der Waals surface area (Å²) in [5.74, 6) is -0.263. The smallest absolute Gasteiger partial charge is 0.319 e. The van der Waals surface area contributed by atoms with E-state index in [-0.39, 0.29) is 30.4 Å². The number of ketones is 1. The number of benzene rings is 3. The van der Waals surface area contributed by atoms with E-state index in [0.29, 0.717) is 55.0 Å². The summed E-state index contributed by atoms with van der Waals surface area (Å²) in [4.78, 5) is 49.5. The molecule has 246 valence electrons. The second kappa shape index (κ2) is 20.4. The quantitative estimate of drug-likeness (QED) is 0.0669. The molecule has 0 radical (unpaired) electrons. The molecule has 0 saturated heterocycles. The van der Waals surface area contributed by atoms with Crippen LogP contribution in [0.4, 0.5) is 21.0 Å². The fraction of sp³-hybridized carbons (Fsp3) is 0.389. The van der Waals surface area contributed by atoms with Crippen molar-refractivity contribution in [2.24, 2.45) is 0 Å². The number of hydrogen-bond acceptors (Lipinski definition) is 5. The van der Waals surface area contributed by atoms with E-state index in [0.717, 1.165) is 49.7 Å². The number of rotatable bonds is 19. The highest BCUT2D eigenvalue weighted by Crippen LogP contribution is 2.14. The van der Waals surface area contributed by atoms with Crippen LogP contribution < -0.4 is 26.6 Å². The third-order valence-electron chi connectivity index (χ3n) is 7.42. The van der Waals surface area contributed by atoms with Gasteiger partial charge in [0.15, 0.2) is 5.78 Å². The zero-order chi connectivity index (χ0) is 33.0. The molecule has 3 aromatic rings. The number of amides is 5. The summed E-state index contributed by atoms with van der Waals surface area (Å²) < 4.78 is 0. The van der Waals surface area contributed by atoms with E-state index < -0.39 is 0 Å². The van der Waals surface area contributed by atoms with Crippen molar-refractivity contribution in [3.05, 3.63) is 95.1 Å². The lowest BCUT2D eigenvalue weighted by Crippen LogP contribution is -2.29. The van der Waals surface area contributed by atoms with Crippen LogP contribution in [0.2, 0.25) is 0 Å². The standard InChI is InChI=1S/C36H47N5O5/c1-2-3-4-6-23-37-35(45)40-31-18-9-27(10-19-31)13-22-33(43)29-14-16-30(17-15-29)34(44)39-26-28-11-20-32(21-12-28)41-36(46)38-24-7-5-8-25-42/h9-12,14-21,42H,2-8,13,22-26H2,1H3,(H,39,44)(H2,37,40,45)(H2,38,41,46). The van der Waals surface area contributed by atoms with Crippen LogP contribution >= 0.6 is 0 Å². The fourth-order valence-electron chi connectivity index (χ4n) is 4.67. The first kappa shape index (κ1) is 35.8. The molecular weight excluding hydrogens is 582 g/mol. The first-order valence-electron chi connectivity index (χ1n) is 16.2. The third kappa shape index (κ3) is 13.5. The number of anilines is 2. The van der Waals surface area contributed by atoms with Crippen LogP contribution in [-0.2, 0) is 13.0 Å². The van der Waals surface area contributed by atoms with E-state index in [2.05, 4.69) is 33.5 Å². The number of aryl methyl sites for hydroxylation is 1. The van der Waals surface area contributed by atoms with Crippen LogP contribution in [0.5, 0.6) is 0 Å². The maximum atomic E-state index is 12.8. The first-order valence-corrected chi connectivity index (χ1v) is 16.2. The normalized spacial score (nSPS) is 10.6. The lowest BCUT2D eigenvalue weighted by atomic mass is 10.0. The van der Waals surface area contributed by atoms with Gasteiger partial charge in [0.2, 0.25) is 0 Å². The van der Waals surface area contributed by atoms with Gasteiger partial charge in [0.1, 0.15) is 0 Å². The van der Waals surface area contributed by atoms with Crippen molar-refractivity contribution >= 4 is 35.1 Å². The molecule has 0 aliphatic heterocycles. The molecule has 0 spiro atoms. The molecule has 0 aliphatic carbocycles. The molecule has 0 fully saturated rings. The average Bonchev–Trinajstić information content (AvgIpc) is 3.07. The topological polar surface area (TPSA) is 149 Å². The van der Waals surface area contributed by atoms with E-state index in [1.165, 1.54) is 6.42 Å². The molecule has 0 saturated carbocycles. The Bertz CT molecular complexity index is 1270. The number of urea groups is 2. The number of nitrogens with one attached hydrogen (secondary N) is 5. The Labute approximate surface area is 271 Å². The molecular formula is C36H47N5O5. The largest absolute Gasteiger partial charge is 0.396 e. The maximum absolute atomic E-state index is 12.8. The van der Waals surface area contributed by atoms with Crippen molar-refractivity contribution in [3.63, 3.8) is 0 Å². The summed E-state index contributed by atoms with van der Waals surface area (Å²) in [7, 11) is 0. The molecule has 10 heteroatoms. The summed E-state index contributed by atoms with van der Waals surface area (Å²) in [6, 6.07) is 20.8. The summed E-state index contributed by atoms with van der Waals surface area (Å²) in [6.07, 6.45) is 7.70. The highest BCUT2D eigenvalue weighted by Gasteiger charge is 2.10. The highest BCUT2D eigenvalue weighted by molar-refractivity contribution is 5.99. The molecule has 0 heterocycles. The summed E-state index contributed by atoms with van der Waals surface area (Å²) in [5, 5.41) is 22.9. The number of unbranched alkanes of at least 4 members (excludes halogenated alkanes) is 5. The number of carbonyl (C=O) groups excluding carboxylic acids is 4. The third-order valence-corrected chi connectivity index (χ3v) is 7.42. The first-order chi connectivity index (χ1) is 22.4. The predicted octanol–water partition coefficient (Wildman–Crippen LogP) is 6.42. The van der Waals surface area contributed by atoms with Gasteiger partial charge < -0.3 is 31.7 Å². The summed E-state index contributed by atoms with van der Waals surface area (Å²) in [6.45, 7) is 3.82.